The highest BCUT2D eigenvalue weighted by atomic mass is 32.2. The number of rotatable bonds is 5. The van der Waals surface area contributed by atoms with Gasteiger partial charge in [-0.25, -0.2) is 18.1 Å². The summed E-state index contributed by atoms with van der Waals surface area (Å²) in [6, 6.07) is 8.75. The standard InChI is InChI=1S/C21H26N4O3S/c1-16(26)25-12-8-18-14-19(5-6-20(18)25)29(27,28)23-15-17-7-9-22-21(13-17)24-10-3-2-4-11-24/h5-7,9,13-14,23H,2-4,8,10-12,15H2,1H3. The third-order valence-corrected chi connectivity index (χ3v) is 6.99. The molecule has 0 aliphatic carbocycles. The Morgan fingerprint density at radius 2 is 1.90 bits per heavy atom. The number of hydrogen-bond donors (Lipinski definition) is 1. The number of piperidine rings is 1. The van der Waals surface area contributed by atoms with Crippen molar-refractivity contribution in [3.63, 3.8) is 0 Å². The van der Waals surface area contributed by atoms with E-state index in [1.807, 2.05) is 12.1 Å². The molecule has 2 aliphatic heterocycles. The first-order chi connectivity index (χ1) is 13.9. The van der Waals surface area contributed by atoms with Crippen molar-refractivity contribution >= 4 is 27.4 Å². The zero-order valence-corrected chi connectivity index (χ0v) is 17.4. The maximum Gasteiger partial charge on any atom is 0.240 e. The summed E-state index contributed by atoms with van der Waals surface area (Å²) in [5.74, 6) is 0.878. The summed E-state index contributed by atoms with van der Waals surface area (Å²) in [6.45, 7) is 4.32. The first-order valence-electron chi connectivity index (χ1n) is 10.0. The van der Waals surface area contributed by atoms with Crippen LogP contribution in [0.25, 0.3) is 0 Å². The summed E-state index contributed by atoms with van der Waals surface area (Å²) >= 11 is 0. The largest absolute Gasteiger partial charge is 0.357 e. The highest BCUT2D eigenvalue weighted by Crippen LogP contribution is 2.30. The van der Waals surface area contributed by atoms with Gasteiger partial charge in [0.05, 0.1) is 4.90 Å². The van der Waals surface area contributed by atoms with Gasteiger partial charge in [-0.3, -0.25) is 4.79 Å². The van der Waals surface area contributed by atoms with Crippen LogP contribution in [0.15, 0.2) is 41.4 Å². The van der Waals surface area contributed by atoms with E-state index in [1.54, 1.807) is 29.3 Å². The van der Waals surface area contributed by atoms with Crippen molar-refractivity contribution in [1.29, 1.82) is 0 Å². The second-order valence-corrected chi connectivity index (χ2v) is 9.37. The first-order valence-corrected chi connectivity index (χ1v) is 11.5. The number of anilines is 2. The smallest absolute Gasteiger partial charge is 0.240 e. The molecule has 7 nitrogen and oxygen atoms in total. The molecule has 0 radical (unpaired) electrons. The third-order valence-electron chi connectivity index (χ3n) is 5.59. The molecule has 1 aromatic heterocycles. The van der Waals surface area contributed by atoms with Crippen molar-refractivity contribution < 1.29 is 13.2 Å². The molecule has 1 amide bonds. The Bertz CT molecular complexity index is 1020. The van der Waals surface area contributed by atoms with Crippen LogP contribution >= 0.6 is 0 Å². The zero-order valence-electron chi connectivity index (χ0n) is 16.6. The number of hydrogen-bond acceptors (Lipinski definition) is 5. The predicted octanol–water partition coefficient (Wildman–Crippen LogP) is 2.46. The minimum atomic E-state index is -3.64. The number of aromatic nitrogens is 1. The third kappa shape index (κ3) is 4.28. The summed E-state index contributed by atoms with van der Waals surface area (Å²) in [4.78, 5) is 20.3. The van der Waals surface area contributed by atoms with Crippen LogP contribution in [0.2, 0.25) is 0 Å². The molecule has 4 rings (SSSR count). The van der Waals surface area contributed by atoms with Gasteiger partial charge in [0.25, 0.3) is 0 Å². The van der Waals surface area contributed by atoms with Crippen LogP contribution in [0.1, 0.15) is 37.3 Å². The molecule has 0 saturated carbocycles. The number of pyridine rings is 1. The van der Waals surface area contributed by atoms with Gasteiger partial charge in [0.1, 0.15) is 5.82 Å². The molecule has 1 saturated heterocycles. The molecule has 1 N–H and O–H groups in total. The van der Waals surface area contributed by atoms with Crippen LogP contribution in [-0.4, -0.2) is 38.9 Å². The second kappa shape index (κ2) is 8.12. The van der Waals surface area contributed by atoms with E-state index in [0.29, 0.717) is 13.0 Å². The Hall–Kier alpha value is -2.45. The van der Waals surface area contributed by atoms with E-state index in [9.17, 15) is 13.2 Å². The van der Waals surface area contributed by atoms with Gasteiger partial charge in [0.2, 0.25) is 15.9 Å². The summed E-state index contributed by atoms with van der Waals surface area (Å²) in [7, 11) is -3.64. The summed E-state index contributed by atoms with van der Waals surface area (Å²) in [5.41, 5.74) is 2.57. The van der Waals surface area contributed by atoms with E-state index in [-0.39, 0.29) is 17.3 Å². The normalized spacial score (nSPS) is 16.7. The van der Waals surface area contributed by atoms with E-state index < -0.39 is 10.0 Å². The molecule has 3 heterocycles. The van der Waals surface area contributed by atoms with Crippen LogP contribution in [0.4, 0.5) is 11.5 Å². The molecule has 0 atom stereocenters. The Kier molecular flexibility index (Phi) is 5.56. The number of carbonyl (C=O) groups is 1. The fourth-order valence-electron chi connectivity index (χ4n) is 4.00. The topological polar surface area (TPSA) is 82.6 Å². The minimum absolute atomic E-state index is 0.0281. The quantitative estimate of drug-likeness (QED) is 0.813. The SMILES string of the molecule is CC(=O)N1CCc2cc(S(=O)(=O)NCc3ccnc(N4CCCCC4)c3)ccc21. The average molecular weight is 415 g/mol. The van der Waals surface area contributed by atoms with Crippen molar-refractivity contribution in [3.05, 3.63) is 47.7 Å². The van der Waals surface area contributed by atoms with Crippen molar-refractivity contribution in [1.82, 2.24) is 9.71 Å². The number of nitrogens with one attached hydrogen (secondary N) is 1. The summed E-state index contributed by atoms with van der Waals surface area (Å²) in [5, 5.41) is 0. The van der Waals surface area contributed by atoms with Gasteiger partial charge < -0.3 is 9.80 Å². The molecule has 1 aromatic carbocycles. The van der Waals surface area contributed by atoms with E-state index >= 15 is 0 Å². The molecular weight excluding hydrogens is 388 g/mol. The highest BCUT2D eigenvalue weighted by Gasteiger charge is 2.24. The maximum atomic E-state index is 12.8. The van der Waals surface area contributed by atoms with Gasteiger partial charge in [-0.1, -0.05) is 0 Å². The lowest BCUT2D eigenvalue weighted by Crippen LogP contribution is -2.30. The lowest BCUT2D eigenvalue weighted by Gasteiger charge is -2.27. The molecule has 0 bridgehead atoms. The predicted molar refractivity (Wildman–Crippen MR) is 112 cm³/mol. The fourth-order valence-corrected chi connectivity index (χ4v) is 5.07. The number of carbonyl (C=O) groups excluding carboxylic acids is 1. The molecule has 8 heteroatoms. The molecule has 2 aromatic rings. The first kappa shape index (κ1) is 19.8. The molecule has 154 valence electrons. The summed E-state index contributed by atoms with van der Waals surface area (Å²) in [6.07, 6.45) is 5.98. The number of fused-ring (bicyclic) bond motifs is 1. The fraction of sp³-hybridized carbons (Fsp3) is 0.429. The monoisotopic (exact) mass is 414 g/mol. The van der Waals surface area contributed by atoms with Crippen LogP contribution in [0, 0.1) is 0 Å². The van der Waals surface area contributed by atoms with Gasteiger partial charge in [-0.2, -0.15) is 0 Å². The average Bonchev–Trinajstić information content (AvgIpc) is 3.17. The molecular formula is C21H26N4O3S. The Morgan fingerprint density at radius 3 is 2.66 bits per heavy atom. The van der Waals surface area contributed by atoms with Crippen LogP contribution < -0.4 is 14.5 Å². The minimum Gasteiger partial charge on any atom is -0.357 e. The molecule has 29 heavy (non-hydrogen) atoms. The van der Waals surface area contributed by atoms with Gasteiger partial charge in [-0.05, 0) is 67.1 Å². The Morgan fingerprint density at radius 1 is 1.10 bits per heavy atom. The van der Waals surface area contributed by atoms with Crippen molar-refractivity contribution in [2.45, 2.75) is 44.0 Å². The second-order valence-electron chi connectivity index (χ2n) is 7.61. The van der Waals surface area contributed by atoms with Gasteiger partial charge in [0.15, 0.2) is 0 Å². The zero-order chi connectivity index (χ0) is 20.4. The highest BCUT2D eigenvalue weighted by molar-refractivity contribution is 7.89. The van der Waals surface area contributed by atoms with Gasteiger partial charge in [0, 0.05) is 45.0 Å². The molecule has 2 aliphatic rings. The molecule has 0 spiro atoms. The summed E-state index contributed by atoms with van der Waals surface area (Å²) < 4.78 is 28.3. The van der Waals surface area contributed by atoms with Crippen molar-refractivity contribution in [3.8, 4) is 0 Å². The number of benzene rings is 1. The Balaban J connectivity index is 1.47. The van der Waals surface area contributed by atoms with Gasteiger partial charge in [-0.15, -0.1) is 0 Å². The number of sulfonamides is 1. The maximum absolute atomic E-state index is 12.8. The lowest BCUT2D eigenvalue weighted by molar-refractivity contribution is -0.116. The van der Waals surface area contributed by atoms with E-state index in [4.69, 9.17) is 0 Å². The van der Waals surface area contributed by atoms with E-state index in [2.05, 4.69) is 14.6 Å². The van der Waals surface area contributed by atoms with Gasteiger partial charge >= 0.3 is 0 Å². The molecule has 0 unspecified atom stereocenters. The molecule has 1 fully saturated rings. The van der Waals surface area contributed by atoms with Crippen LogP contribution in [0.5, 0.6) is 0 Å². The number of nitrogens with zero attached hydrogens (tertiary/aromatic N) is 3. The van der Waals surface area contributed by atoms with Crippen molar-refractivity contribution in [2.24, 2.45) is 0 Å². The number of amides is 1. The van der Waals surface area contributed by atoms with E-state index in [0.717, 1.165) is 48.6 Å². The van der Waals surface area contributed by atoms with Crippen LogP contribution in [0.3, 0.4) is 0 Å². The van der Waals surface area contributed by atoms with Crippen LogP contribution in [-0.2, 0) is 27.8 Å². The Labute approximate surface area is 171 Å². The van der Waals surface area contributed by atoms with Crippen molar-refractivity contribution in [2.75, 3.05) is 29.4 Å². The lowest BCUT2D eigenvalue weighted by atomic mass is 10.1. The van der Waals surface area contributed by atoms with E-state index in [1.165, 1.54) is 13.3 Å².